The summed E-state index contributed by atoms with van der Waals surface area (Å²) in [6.07, 6.45) is 2.10. The number of benzene rings is 5. The molecule has 0 unspecified atom stereocenters. The van der Waals surface area contributed by atoms with Crippen LogP contribution in [0.2, 0.25) is 0 Å². The lowest BCUT2D eigenvalue weighted by molar-refractivity contribution is -0.660. The average molecular weight is 502 g/mol. The van der Waals surface area contributed by atoms with Crippen molar-refractivity contribution in [3.8, 4) is 39.6 Å². The monoisotopic (exact) mass is 501 g/mol. The lowest BCUT2D eigenvalue weighted by atomic mass is 9.94. The highest BCUT2D eigenvalue weighted by Crippen LogP contribution is 2.42. The van der Waals surface area contributed by atoms with Gasteiger partial charge in [-0.25, -0.2) is 4.57 Å². The van der Waals surface area contributed by atoms with Crippen molar-refractivity contribution in [3.05, 3.63) is 127 Å². The summed E-state index contributed by atoms with van der Waals surface area (Å²) in [5.41, 5.74) is 9.59. The van der Waals surface area contributed by atoms with Gasteiger partial charge in [0.15, 0.2) is 6.20 Å². The second kappa shape index (κ2) is 8.97. The Kier molecular flexibility index (Phi) is 5.28. The molecule has 0 bridgehead atoms. The van der Waals surface area contributed by atoms with Gasteiger partial charge in [0.2, 0.25) is 5.69 Å². The Morgan fingerprint density at radius 2 is 1.36 bits per heavy atom. The molecule has 2 aromatic heterocycles. The maximum atomic E-state index is 10.1. The van der Waals surface area contributed by atoms with Crippen LogP contribution >= 0.6 is 0 Å². The first-order chi connectivity index (χ1) is 19.1. The van der Waals surface area contributed by atoms with Crippen molar-refractivity contribution >= 4 is 32.7 Å². The number of hydrogen-bond donors (Lipinski definition) is 0. The molecule has 0 aliphatic heterocycles. The van der Waals surface area contributed by atoms with Gasteiger partial charge in [-0.15, -0.1) is 0 Å². The zero-order chi connectivity index (χ0) is 26.5. The van der Waals surface area contributed by atoms with Crippen LogP contribution < -0.4 is 4.57 Å². The number of fused-ring (bicyclic) bond motifs is 4. The first kappa shape index (κ1) is 23.0. The van der Waals surface area contributed by atoms with Crippen molar-refractivity contribution in [1.82, 2.24) is 0 Å². The van der Waals surface area contributed by atoms with E-state index in [9.17, 15) is 5.26 Å². The van der Waals surface area contributed by atoms with E-state index in [2.05, 4.69) is 110 Å². The Bertz CT molecular complexity index is 2100. The highest BCUT2D eigenvalue weighted by molar-refractivity contribution is 6.14. The van der Waals surface area contributed by atoms with E-state index >= 15 is 0 Å². The van der Waals surface area contributed by atoms with Crippen LogP contribution in [-0.4, -0.2) is 0 Å². The number of pyridine rings is 1. The summed E-state index contributed by atoms with van der Waals surface area (Å²) < 4.78 is 8.94. The molecule has 0 N–H and O–H groups in total. The minimum atomic E-state index is 0.603. The predicted octanol–water partition coefficient (Wildman–Crippen LogP) is 8.74. The molecule has 7 aromatic rings. The number of nitriles is 1. The molecule has 0 aliphatic rings. The van der Waals surface area contributed by atoms with Gasteiger partial charge in [0, 0.05) is 28.5 Å². The van der Waals surface area contributed by atoms with Gasteiger partial charge in [-0.05, 0) is 58.1 Å². The Hall–Kier alpha value is -5.20. The second-order valence-corrected chi connectivity index (χ2v) is 10.1. The molecule has 0 spiro atoms. The van der Waals surface area contributed by atoms with Crippen LogP contribution in [0.5, 0.6) is 0 Å². The zero-order valence-corrected chi connectivity index (χ0v) is 21.8. The topological polar surface area (TPSA) is 40.8 Å². The molecular weight excluding hydrogens is 476 g/mol. The Morgan fingerprint density at radius 3 is 2.15 bits per heavy atom. The fourth-order valence-electron chi connectivity index (χ4n) is 5.67. The van der Waals surface area contributed by atoms with Gasteiger partial charge in [-0.1, -0.05) is 78.9 Å². The van der Waals surface area contributed by atoms with Crippen LogP contribution in [0.15, 0.2) is 120 Å². The largest absolute Gasteiger partial charge is 0.454 e. The van der Waals surface area contributed by atoms with E-state index < -0.39 is 0 Å². The molecule has 0 saturated carbocycles. The van der Waals surface area contributed by atoms with Crippen LogP contribution in [0.4, 0.5) is 0 Å². The van der Waals surface area contributed by atoms with Crippen molar-refractivity contribution in [3.63, 3.8) is 0 Å². The quantitative estimate of drug-likeness (QED) is 0.227. The lowest BCUT2D eigenvalue weighted by Crippen LogP contribution is -2.30. The molecule has 7 rings (SSSR count). The van der Waals surface area contributed by atoms with E-state index in [1.165, 1.54) is 10.9 Å². The molecule has 3 nitrogen and oxygen atoms in total. The van der Waals surface area contributed by atoms with Gasteiger partial charge >= 0.3 is 0 Å². The first-order valence-corrected chi connectivity index (χ1v) is 13.1. The van der Waals surface area contributed by atoms with Gasteiger partial charge in [0.25, 0.3) is 0 Å². The molecule has 5 aromatic carbocycles. The highest BCUT2D eigenvalue weighted by atomic mass is 16.3. The number of nitrogens with zero attached hydrogens (tertiary/aromatic N) is 2. The molecule has 0 saturated heterocycles. The Morgan fingerprint density at radius 1 is 0.641 bits per heavy atom. The molecule has 0 atom stereocenters. The van der Waals surface area contributed by atoms with Crippen LogP contribution in [-0.2, 0) is 7.05 Å². The van der Waals surface area contributed by atoms with Crippen LogP contribution in [0.3, 0.4) is 0 Å². The van der Waals surface area contributed by atoms with E-state index in [0.717, 1.165) is 60.8 Å². The first-order valence-electron chi connectivity index (χ1n) is 13.1. The molecule has 0 amide bonds. The molecule has 0 fully saturated rings. The van der Waals surface area contributed by atoms with Gasteiger partial charge in [0.05, 0.1) is 17.2 Å². The van der Waals surface area contributed by atoms with Crippen molar-refractivity contribution in [2.75, 3.05) is 0 Å². The maximum Gasteiger partial charge on any atom is 0.216 e. The van der Waals surface area contributed by atoms with Crippen molar-refractivity contribution in [1.29, 1.82) is 5.26 Å². The van der Waals surface area contributed by atoms with E-state index in [0.29, 0.717) is 5.56 Å². The summed E-state index contributed by atoms with van der Waals surface area (Å²) in [6.45, 7) is 2.13. The van der Waals surface area contributed by atoms with Gasteiger partial charge in [-0.3, -0.25) is 0 Å². The molecule has 39 heavy (non-hydrogen) atoms. The van der Waals surface area contributed by atoms with Crippen molar-refractivity contribution in [2.45, 2.75) is 6.92 Å². The molecule has 3 heteroatoms. The summed E-state index contributed by atoms with van der Waals surface area (Å²) in [4.78, 5) is 0. The Labute approximate surface area is 226 Å². The standard InChI is InChI=1S/C36H25N2O/c1-23-12-16-30-31-17-15-29(22-37)34(28-14-13-25-10-6-7-11-26(25)20-28)36(31)39-35(30)33(23)32-21-27(18-19-38(32)2)24-8-4-3-5-9-24/h3-21H,1-2H3/q+1. The van der Waals surface area contributed by atoms with Crippen LogP contribution in [0.1, 0.15) is 11.1 Å². The summed E-state index contributed by atoms with van der Waals surface area (Å²) in [5, 5.41) is 14.4. The summed E-state index contributed by atoms with van der Waals surface area (Å²) >= 11 is 0. The third kappa shape index (κ3) is 3.69. The summed E-state index contributed by atoms with van der Waals surface area (Å²) in [6, 6.07) is 40.1. The second-order valence-electron chi connectivity index (χ2n) is 10.1. The molecule has 184 valence electrons. The third-order valence-electron chi connectivity index (χ3n) is 7.69. The molecule has 0 radical (unpaired) electrons. The maximum absolute atomic E-state index is 10.1. The minimum absolute atomic E-state index is 0.603. The van der Waals surface area contributed by atoms with Crippen molar-refractivity contribution in [2.24, 2.45) is 7.05 Å². The van der Waals surface area contributed by atoms with E-state index in [-0.39, 0.29) is 0 Å². The number of furan rings is 1. The smallest absolute Gasteiger partial charge is 0.216 e. The van der Waals surface area contributed by atoms with Crippen LogP contribution in [0, 0.1) is 18.3 Å². The van der Waals surface area contributed by atoms with Gasteiger partial charge in [-0.2, -0.15) is 5.26 Å². The van der Waals surface area contributed by atoms with E-state index in [4.69, 9.17) is 4.42 Å². The molecular formula is C36H25N2O+. The number of aryl methyl sites for hydroxylation is 2. The van der Waals surface area contributed by atoms with E-state index in [1.54, 1.807) is 0 Å². The van der Waals surface area contributed by atoms with Gasteiger partial charge in [0.1, 0.15) is 18.2 Å². The average Bonchev–Trinajstić information content (AvgIpc) is 3.36. The molecule has 2 heterocycles. The molecule has 0 aliphatic carbocycles. The summed E-state index contributed by atoms with van der Waals surface area (Å²) in [7, 11) is 2.07. The van der Waals surface area contributed by atoms with E-state index in [1.807, 2.05) is 30.3 Å². The Balaban J connectivity index is 1.52. The zero-order valence-electron chi connectivity index (χ0n) is 21.8. The fraction of sp³-hybridized carbons (Fsp3) is 0.0556. The predicted molar refractivity (Wildman–Crippen MR) is 158 cm³/mol. The normalized spacial score (nSPS) is 11.3. The van der Waals surface area contributed by atoms with Gasteiger partial charge < -0.3 is 4.42 Å². The minimum Gasteiger partial charge on any atom is -0.454 e. The number of hydrogen-bond acceptors (Lipinski definition) is 2. The number of rotatable bonds is 3. The number of aromatic nitrogens is 1. The lowest BCUT2D eigenvalue weighted by Gasteiger charge is -2.08. The summed E-state index contributed by atoms with van der Waals surface area (Å²) in [5.74, 6) is 0. The highest BCUT2D eigenvalue weighted by Gasteiger charge is 2.23. The van der Waals surface area contributed by atoms with Crippen molar-refractivity contribution < 1.29 is 8.98 Å². The SMILES string of the molecule is Cc1ccc2c(oc3c(-c4ccc5ccccc5c4)c(C#N)ccc32)c1-c1cc(-c2ccccc2)cc[n+]1C. The third-order valence-corrected chi connectivity index (χ3v) is 7.69. The fourth-order valence-corrected chi connectivity index (χ4v) is 5.67. The van der Waals surface area contributed by atoms with Crippen LogP contribution in [0.25, 0.3) is 66.2 Å².